The van der Waals surface area contributed by atoms with Crippen molar-refractivity contribution in [2.45, 2.75) is 13.0 Å². The molecule has 1 aromatic carbocycles. The third-order valence-electron chi connectivity index (χ3n) is 3.51. The molecule has 0 spiro atoms. The van der Waals surface area contributed by atoms with Gasteiger partial charge in [-0.1, -0.05) is 6.92 Å². The number of fused-ring (bicyclic) bond motifs is 1. The molecule has 19 heavy (non-hydrogen) atoms. The molecule has 2 aromatic rings. The molecule has 7 nitrogen and oxygen atoms in total. The van der Waals surface area contributed by atoms with E-state index in [0.717, 1.165) is 6.54 Å². The molecule has 0 radical (unpaired) electrons. The summed E-state index contributed by atoms with van der Waals surface area (Å²) in [4.78, 5) is 16.6. The van der Waals surface area contributed by atoms with Crippen molar-refractivity contribution >= 4 is 22.8 Å². The predicted octanol–water partition coefficient (Wildman–Crippen LogP) is 1.52. The third-order valence-corrected chi connectivity index (χ3v) is 3.51. The maximum absolute atomic E-state index is 10.7. The number of non-ortho nitro benzene ring substituents is 1. The Balaban J connectivity index is 1.96. The summed E-state index contributed by atoms with van der Waals surface area (Å²) in [5.41, 5.74) is 7.02. The number of rotatable bonds is 2. The average Bonchev–Trinajstić information content (AvgIpc) is 2.92. The number of oxazole rings is 1. The van der Waals surface area contributed by atoms with Crippen LogP contribution in [0.4, 0.5) is 11.7 Å². The van der Waals surface area contributed by atoms with Gasteiger partial charge in [-0.25, -0.2) is 0 Å². The highest BCUT2D eigenvalue weighted by molar-refractivity contribution is 5.77. The number of nitrogens with two attached hydrogens (primary N) is 1. The van der Waals surface area contributed by atoms with Crippen LogP contribution in [0.5, 0.6) is 0 Å². The van der Waals surface area contributed by atoms with Crippen molar-refractivity contribution in [3.63, 3.8) is 0 Å². The summed E-state index contributed by atoms with van der Waals surface area (Å²) in [5.74, 6) is 0.379. The second-order valence-corrected chi connectivity index (χ2v) is 4.95. The quantitative estimate of drug-likeness (QED) is 0.650. The molecule has 0 aliphatic carbocycles. The van der Waals surface area contributed by atoms with Gasteiger partial charge < -0.3 is 15.1 Å². The number of hydrogen-bond acceptors (Lipinski definition) is 6. The van der Waals surface area contributed by atoms with Crippen LogP contribution in [0.3, 0.4) is 0 Å². The van der Waals surface area contributed by atoms with Gasteiger partial charge in [0.25, 0.3) is 11.7 Å². The van der Waals surface area contributed by atoms with Crippen LogP contribution in [-0.4, -0.2) is 29.0 Å². The monoisotopic (exact) mass is 262 g/mol. The van der Waals surface area contributed by atoms with Gasteiger partial charge in [0, 0.05) is 31.3 Å². The van der Waals surface area contributed by atoms with Crippen molar-refractivity contribution in [3.05, 3.63) is 28.3 Å². The Kier molecular flexibility index (Phi) is 2.63. The number of benzene rings is 1. The van der Waals surface area contributed by atoms with E-state index in [4.69, 9.17) is 10.2 Å². The van der Waals surface area contributed by atoms with Gasteiger partial charge in [-0.3, -0.25) is 10.1 Å². The third kappa shape index (κ3) is 2.01. The Morgan fingerprint density at radius 1 is 1.53 bits per heavy atom. The maximum Gasteiger partial charge on any atom is 0.298 e. The summed E-state index contributed by atoms with van der Waals surface area (Å²) >= 11 is 0. The first-order chi connectivity index (χ1) is 9.04. The van der Waals surface area contributed by atoms with E-state index in [9.17, 15) is 10.1 Å². The van der Waals surface area contributed by atoms with Crippen LogP contribution in [-0.2, 0) is 0 Å². The molecule has 0 bridgehead atoms. The zero-order chi connectivity index (χ0) is 13.6. The number of nitro benzene ring substituents is 1. The molecule has 1 fully saturated rings. The highest BCUT2D eigenvalue weighted by Gasteiger charge is 2.29. The lowest BCUT2D eigenvalue weighted by Gasteiger charge is -2.11. The summed E-state index contributed by atoms with van der Waals surface area (Å²) in [7, 11) is 0. The topological polar surface area (TPSA) is 98.4 Å². The van der Waals surface area contributed by atoms with Crippen LogP contribution in [0.1, 0.15) is 6.92 Å². The van der Waals surface area contributed by atoms with Gasteiger partial charge in [0.15, 0.2) is 5.58 Å². The molecule has 2 unspecified atom stereocenters. The Hall–Kier alpha value is -2.15. The summed E-state index contributed by atoms with van der Waals surface area (Å²) in [6.45, 7) is 3.56. The highest BCUT2D eigenvalue weighted by Crippen LogP contribution is 2.28. The minimum atomic E-state index is -0.443. The number of nitro groups is 1. The fraction of sp³-hybridized carbons (Fsp3) is 0.417. The van der Waals surface area contributed by atoms with Crippen LogP contribution in [0.25, 0.3) is 11.1 Å². The van der Waals surface area contributed by atoms with Gasteiger partial charge in [0.2, 0.25) is 0 Å². The number of aromatic nitrogens is 1. The summed E-state index contributed by atoms with van der Waals surface area (Å²) in [5, 5.41) is 10.7. The van der Waals surface area contributed by atoms with Crippen LogP contribution in [0, 0.1) is 16.0 Å². The lowest BCUT2D eigenvalue weighted by atomic mass is 10.1. The smallest absolute Gasteiger partial charge is 0.298 e. The second kappa shape index (κ2) is 4.20. The number of hydrogen-bond donors (Lipinski definition) is 1. The van der Waals surface area contributed by atoms with Gasteiger partial charge in [-0.05, 0) is 12.0 Å². The molecule has 1 saturated heterocycles. The molecule has 0 saturated carbocycles. The first-order valence-electron chi connectivity index (χ1n) is 6.10. The zero-order valence-corrected chi connectivity index (χ0v) is 10.4. The number of anilines is 1. The van der Waals surface area contributed by atoms with Crippen LogP contribution >= 0.6 is 0 Å². The van der Waals surface area contributed by atoms with Gasteiger partial charge in [0.05, 0.1) is 4.92 Å². The Bertz CT molecular complexity index is 629. The predicted molar refractivity (Wildman–Crippen MR) is 70.0 cm³/mol. The summed E-state index contributed by atoms with van der Waals surface area (Å²) < 4.78 is 5.62. The van der Waals surface area contributed by atoms with Crippen LogP contribution in [0.15, 0.2) is 22.6 Å². The van der Waals surface area contributed by atoms with Crippen molar-refractivity contribution in [2.24, 2.45) is 11.7 Å². The normalized spacial score (nSPS) is 23.2. The van der Waals surface area contributed by atoms with E-state index >= 15 is 0 Å². The molecule has 2 heterocycles. The molecule has 3 rings (SSSR count). The standard InChI is InChI=1S/C12H14N4O3/c1-7-5-15(6-9(7)13)12-14-10-4-8(16(17)18)2-3-11(10)19-12/h2-4,7,9H,5-6,13H2,1H3. The van der Waals surface area contributed by atoms with Crippen molar-refractivity contribution in [1.82, 2.24) is 4.98 Å². The van der Waals surface area contributed by atoms with E-state index in [-0.39, 0.29) is 11.7 Å². The Morgan fingerprint density at radius 2 is 2.32 bits per heavy atom. The SMILES string of the molecule is CC1CN(c2nc3cc([N+](=O)[O-])ccc3o2)CC1N. The van der Waals surface area contributed by atoms with E-state index in [1.807, 2.05) is 4.90 Å². The molecule has 0 amide bonds. The largest absolute Gasteiger partial charge is 0.423 e. The fourth-order valence-electron chi connectivity index (χ4n) is 2.30. The Labute approximate surface area is 109 Å². The van der Waals surface area contributed by atoms with Crippen molar-refractivity contribution in [2.75, 3.05) is 18.0 Å². The maximum atomic E-state index is 10.7. The molecule has 2 N–H and O–H groups in total. The molecular weight excluding hydrogens is 248 g/mol. The zero-order valence-electron chi connectivity index (χ0n) is 10.4. The van der Waals surface area contributed by atoms with Crippen molar-refractivity contribution in [1.29, 1.82) is 0 Å². The van der Waals surface area contributed by atoms with E-state index < -0.39 is 4.92 Å². The number of nitrogens with zero attached hydrogens (tertiary/aromatic N) is 3. The molecule has 2 atom stereocenters. The fourth-order valence-corrected chi connectivity index (χ4v) is 2.30. The van der Waals surface area contributed by atoms with Gasteiger partial charge in [-0.2, -0.15) is 4.98 Å². The van der Waals surface area contributed by atoms with Gasteiger partial charge in [0.1, 0.15) is 5.52 Å². The highest BCUT2D eigenvalue weighted by atomic mass is 16.6. The summed E-state index contributed by atoms with van der Waals surface area (Å²) in [6, 6.07) is 4.99. The van der Waals surface area contributed by atoms with E-state index in [1.165, 1.54) is 12.1 Å². The minimum absolute atomic E-state index is 0.0128. The van der Waals surface area contributed by atoms with E-state index in [0.29, 0.717) is 29.6 Å². The first kappa shape index (κ1) is 11.9. The molecule has 1 aliphatic rings. The van der Waals surface area contributed by atoms with Gasteiger partial charge in [-0.15, -0.1) is 0 Å². The van der Waals surface area contributed by atoms with Crippen LogP contribution in [0.2, 0.25) is 0 Å². The lowest BCUT2D eigenvalue weighted by Crippen LogP contribution is -2.28. The second-order valence-electron chi connectivity index (χ2n) is 4.95. The average molecular weight is 262 g/mol. The van der Waals surface area contributed by atoms with Crippen molar-refractivity contribution in [3.8, 4) is 0 Å². The molecule has 100 valence electrons. The Morgan fingerprint density at radius 3 is 2.95 bits per heavy atom. The lowest BCUT2D eigenvalue weighted by molar-refractivity contribution is -0.384. The molecule has 7 heteroatoms. The van der Waals surface area contributed by atoms with E-state index in [2.05, 4.69) is 11.9 Å². The summed E-state index contributed by atoms with van der Waals surface area (Å²) in [6.07, 6.45) is 0. The van der Waals surface area contributed by atoms with Crippen molar-refractivity contribution < 1.29 is 9.34 Å². The molecule has 1 aromatic heterocycles. The first-order valence-corrected chi connectivity index (χ1v) is 6.10. The molecule has 1 aliphatic heterocycles. The van der Waals surface area contributed by atoms with Crippen LogP contribution < -0.4 is 10.6 Å². The molecular formula is C12H14N4O3. The minimum Gasteiger partial charge on any atom is -0.423 e. The van der Waals surface area contributed by atoms with Gasteiger partial charge >= 0.3 is 0 Å². The van der Waals surface area contributed by atoms with E-state index in [1.54, 1.807) is 6.07 Å².